The normalized spacial score (nSPS) is 22.5. The van der Waals surface area contributed by atoms with Crippen molar-refractivity contribution in [2.75, 3.05) is 43.5 Å². The van der Waals surface area contributed by atoms with Crippen molar-refractivity contribution in [1.82, 2.24) is 24.2 Å². The average molecular weight is 468 g/mol. The molecule has 33 heavy (non-hydrogen) atoms. The summed E-state index contributed by atoms with van der Waals surface area (Å²) in [5.74, 6) is 0.203. The maximum Gasteiger partial charge on any atom is 0.236 e. The number of fused-ring (bicyclic) bond motifs is 1. The van der Waals surface area contributed by atoms with Crippen molar-refractivity contribution in [1.29, 1.82) is 0 Å². The summed E-state index contributed by atoms with van der Waals surface area (Å²) >= 11 is 1.86. The topological polar surface area (TPSA) is 83.2 Å². The minimum atomic E-state index is -0.646. The number of nitrogens with zero attached hydrogens (tertiary/aromatic N) is 5. The van der Waals surface area contributed by atoms with Gasteiger partial charge >= 0.3 is 0 Å². The van der Waals surface area contributed by atoms with Gasteiger partial charge in [0, 0.05) is 55.4 Å². The summed E-state index contributed by atoms with van der Waals surface area (Å²) in [6.45, 7) is 4.66. The van der Waals surface area contributed by atoms with Crippen LogP contribution in [-0.2, 0) is 0 Å². The van der Waals surface area contributed by atoms with Gasteiger partial charge < -0.3 is 11.1 Å². The quantitative estimate of drug-likeness (QED) is 0.430. The van der Waals surface area contributed by atoms with Gasteiger partial charge in [0.25, 0.3) is 0 Å². The first-order valence-electron chi connectivity index (χ1n) is 11.6. The van der Waals surface area contributed by atoms with Crippen LogP contribution < -0.4 is 11.1 Å². The molecule has 1 saturated heterocycles. The molecule has 174 valence electrons. The zero-order chi connectivity index (χ0) is 22.8. The predicted molar refractivity (Wildman–Crippen MR) is 133 cm³/mol. The van der Waals surface area contributed by atoms with Crippen LogP contribution >= 0.6 is 11.9 Å². The maximum atomic E-state index is 13.5. The first-order valence-corrected chi connectivity index (χ1v) is 12.7. The lowest BCUT2D eigenvalue weighted by molar-refractivity contribution is 0.112. The van der Waals surface area contributed by atoms with Crippen LogP contribution in [0.25, 0.3) is 22.0 Å². The predicted octanol–water partition coefficient (Wildman–Crippen LogP) is 4.03. The Labute approximate surface area is 198 Å². The first-order chi connectivity index (χ1) is 16.1. The molecule has 2 aliphatic rings. The van der Waals surface area contributed by atoms with Gasteiger partial charge in [-0.2, -0.15) is 4.39 Å². The fraction of sp³-hybridized carbons (Fsp3) is 0.458. The van der Waals surface area contributed by atoms with E-state index in [1.54, 1.807) is 12.4 Å². The van der Waals surface area contributed by atoms with E-state index >= 15 is 0 Å². The van der Waals surface area contributed by atoms with Gasteiger partial charge in [0.1, 0.15) is 12.1 Å². The number of halogens is 1. The van der Waals surface area contributed by atoms with Gasteiger partial charge in [0.2, 0.25) is 5.95 Å². The Morgan fingerprint density at radius 2 is 1.79 bits per heavy atom. The van der Waals surface area contributed by atoms with Crippen molar-refractivity contribution in [3.05, 3.63) is 42.7 Å². The third-order valence-electron chi connectivity index (χ3n) is 6.92. The lowest BCUT2D eigenvalue weighted by atomic mass is 9.89. The molecular formula is C24H30FN7S. The van der Waals surface area contributed by atoms with Crippen molar-refractivity contribution in [2.24, 2.45) is 0 Å². The van der Waals surface area contributed by atoms with E-state index < -0.39 is 5.95 Å². The molecule has 3 heterocycles. The van der Waals surface area contributed by atoms with E-state index in [0.717, 1.165) is 53.8 Å². The van der Waals surface area contributed by atoms with Crippen LogP contribution in [0.5, 0.6) is 0 Å². The minimum Gasteiger partial charge on any atom is -0.395 e. The summed E-state index contributed by atoms with van der Waals surface area (Å²) in [4.78, 5) is 15.4. The van der Waals surface area contributed by atoms with Gasteiger partial charge in [0.15, 0.2) is 0 Å². The molecule has 0 unspecified atom stereocenters. The Morgan fingerprint density at radius 3 is 2.52 bits per heavy atom. The van der Waals surface area contributed by atoms with Crippen molar-refractivity contribution in [2.45, 2.75) is 37.8 Å². The van der Waals surface area contributed by atoms with E-state index in [0.29, 0.717) is 12.1 Å². The zero-order valence-electron chi connectivity index (χ0n) is 18.9. The Bertz CT molecular complexity index is 1110. The van der Waals surface area contributed by atoms with Crippen molar-refractivity contribution in [3.8, 4) is 11.1 Å². The van der Waals surface area contributed by atoms with Gasteiger partial charge in [0.05, 0.1) is 11.2 Å². The number of aromatic nitrogens is 3. The van der Waals surface area contributed by atoms with Crippen molar-refractivity contribution < 1.29 is 4.39 Å². The summed E-state index contributed by atoms with van der Waals surface area (Å²) in [6.07, 6.45) is 9.98. The van der Waals surface area contributed by atoms with E-state index in [2.05, 4.69) is 35.7 Å². The Hall–Kier alpha value is -2.49. The summed E-state index contributed by atoms with van der Waals surface area (Å²) in [7, 11) is 0. The van der Waals surface area contributed by atoms with Crippen LogP contribution in [0.15, 0.2) is 36.8 Å². The summed E-state index contributed by atoms with van der Waals surface area (Å²) in [5.41, 5.74) is 8.32. The Kier molecular flexibility index (Phi) is 6.62. The van der Waals surface area contributed by atoms with Gasteiger partial charge in [-0.1, -0.05) is 18.0 Å². The molecule has 2 aromatic heterocycles. The minimum absolute atomic E-state index is 0.0434. The van der Waals surface area contributed by atoms with Gasteiger partial charge in [-0.25, -0.2) is 19.3 Å². The smallest absolute Gasteiger partial charge is 0.236 e. The van der Waals surface area contributed by atoms with Crippen molar-refractivity contribution in [3.63, 3.8) is 0 Å². The molecule has 0 amide bonds. The molecule has 3 aromatic rings. The number of nitrogens with two attached hydrogens (primary N) is 1. The van der Waals surface area contributed by atoms with Crippen LogP contribution in [0.2, 0.25) is 0 Å². The Balaban J connectivity index is 1.28. The molecule has 0 radical (unpaired) electrons. The second kappa shape index (κ2) is 9.79. The molecule has 0 bridgehead atoms. The van der Waals surface area contributed by atoms with Gasteiger partial charge in [-0.15, -0.1) is 0 Å². The van der Waals surface area contributed by atoms with Crippen LogP contribution in [0.3, 0.4) is 0 Å². The second-order valence-electron chi connectivity index (χ2n) is 8.86. The number of nitrogen functional groups attached to an aromatic ring is 1. The van der Waals surface area contributed by atoms with E-state index in [1.165, 1.54) is 32.1 Å². The fourth-order valence-corrected chi connectivity index (χ4v) is 5.53. The van der Waals surface area contributed by atoms with Crippen LogP contribution in [0.4, 0.5) is 15.9 Å². The highest BCUT2D eigenvalue weighted by Crippen LogP contribution is 2.31. The van der Waals surface area contributed by atoms with Crippen LogP contribution in [0.1, 0.15) is 25.7 Å². The molecule has 1 aromatic carbocycles. The molecule has 1 saturated carbocycles. The molecule has 1 aliphatic carbocycles. The lowest BCUT2D eigenvalue weighted by Crippen LogP contribution is -2.49. The summed E-state index contributed by atoms with van der Waals surface area (Å²) in [6, 6.07) is 8.65. The molecule has 5 rings (SSSR count). The highest BCUT2D eigenvalue weighted by Gasteiger charge is 2.28. The van der Waals surface area contributed by atoms with Gasteiger partial charge in [-0.3, -0.25) is 4.90 Å². The highest BCUT2D eigenvalue weighted by atomic mass is 32.2. The molecular weight excluding hydrogens is 437 g/mol. The molecule has 1 aliphatic heterocycles. The molecule has 0 spiro atoms. The van der Waals surface area contributed by atoms with Crippen LogP contribution in [0, 0.1) is 5.95 Å². The van der Waals surface area contributed by atoms with E-state index in [-0.39, 0.29) is 5.69 Å². The average Bonchev–Trinajstić information content (AvgIpc) is 2.86. The number of nitrogens with one attached hydrogen (secondary N) is 1. The third kappa shape index (κ3) is 4.90. The highest BCUT2D eigenvalue weighted by molar-refractivity contribution is 7.96. The second-order valence-corrected chi connectivity index (χ2v) is 9.74. The number of rotatable bonds is 5. The molecule has 3 N–H and O–H groups in total. The molecule has 9 heteroatoms. The lowest BCUT2D eigenvalue weighted by Gasteiger charge is -2.41. The molecule has 0 atom stereocenters. The monoisotopic (exact) mass is 467 g/mol. The SMILES string of the molecule is CSN1CCN([C@H]2CC[C@H](Nc3ncnc4ccc(-c5cnc(F)c(N)c5)cc34)CC2)CC1. The third-order valence-corrected chi connectivity index (χ3v) is 7.80. The zero-order valence-corrected chi connectivity index (χ0v) is 19.7. The largest absolute Gasteiger partial charge is 0.395 e. The maximum absolute atomic E-state index is 13.5. The number of piperazine rings is 1. The van der Waals surface area contributed by atoms with E-state index in [1.807, 2.05) is 30.1 Å². The fourth-order valence-electron chi connectivity index (χ4n) is 5.00. The molecule has 7 nitrogen and oxygen atoms in total. The molecule has 2 fully saturated rings. The summed E-state index contributed by atoms with van der Waals surface area (Å²) < 4.78 is 16.0. The Morgan fingerprint density at radius 1 is 1.00 bits per heavy atom. The summed E-state index contributed by atoms with van der Waals surface area (Å²) in [5, 5.41) is 4.63. The van der Waals surface area contributed by atoms with Crippen LogP contribution in [-0.4, -0.2) is 68.7 Å². The number of hydrogen-bond donors (Lipinski definition) is 2. The number of hydrogen-bond acceptors (Lipinski definition) is 8. The van der Waals surface area contributed by atoms with E-state index in [9.17, 15) is 4.39 Å². The number of benzene rings is 1. The van der Waals surface area contributed by atoms with E-state index in [4.69, 9.17) is 5.73 Å². The standard InChI is InChI=1S/C24H30FN7S/c1-33-32-10-8-31(9-11-32)19-5-3-18(4-6-19)30-24-20-12-16(2-7-22(20)28-15-29-24)17-13-21(26)23(25)27-14-17/h2,7,12-15,18-19H,3-6,8-11,26H2,1H3,(H,28,29,30)/t18-,19-. The van der Waals surface area contributed by atoms with Gasteiger partial charge in [-0.05, 0) is 55.7 Å². The first kappa shape index (κ1) is 22.3. The number of anilines is 2. The van der Waals surface area contributed by atoms with Crippen molar-refractivity contribution >= 4 is 34.4 Å². The number of pyridine rings is 1.